The predicted molar refractivity (Wildman–Crippen MR) is 50.4 cm³/mol. The average Bonchev–Trinajstić information content (AvgIpc) is 2.08. The summed E-state index contributed by atoms with van der Waals surface area (Å²) < 4.78 is 0.534. The van der Waals surface area contributed by atoms with Gasteiger partial charge in [0.25, 0.3) is 5.91 Å². The highest BCUT2D eigenvalue weighted by molar-refractivity contribution is 9.10. The van der Waals surface area contributed by atoms with E-state index in [1.54, 1.807) is 12.1 Å². The van der Waals surface area contributed by atoms with Crippen LogP contribution >= 0.6 is 15.9 Å². The SMILES string of the molecule is NC(=O)c1cccc(Br)c1N=C=O. The lowest BCUT2D eigenvalue weighted by atomic mass is 10.2. The number of isocyanates is 1. The molecular formula is C8H5BrN2O2. The molecule has 66 valence electrons. The van der Waals surface area contributed by atoms with Gasteiger partial charge >= 0.3 is 0 Å². The normalized spacial score (nSPS) is 9.00. The zero-order valence-electron chi connectivity index (χ0n) is 6.45. The molecule has 0 atom stereocenters. The summed E-state index contributed by atoms with van der Waals surface area (Å²) >= 11 is 3.14. The monoisotopic (exact) mass is 240 g/mol. The van der Waals surface area contributed by atoms with Crippen molar-refractivity contribution in [3.05, 3.63) is 28.2 Å². The largest absolute Gasteiger partial charge is 0.366 e. The van der Waals surface area contributed by atoms with Crippen molar-refractivity contribution >= 4 is 33.6 Å². The molecule has 1 aromatic carbocycles. The summed E-state index contributed by atoms with van der Waals surface area (Å²) in [6, 6.07) is 4.78. The lowest BCUT2D eigenvalue weighted by molar-refractivity contribution is 0.100. The van der Waals surface area contributed by atoms with Crippen LogP contribution in [0.5, 0.6) is 0 Å². The van der Waals surface area contributed by atoms with Crippen LogP contribution in [0.1, 0.15) is 10.4 Å². The summed E-state index contributed by atoms with van der Waals surface area (Å²) in [6.07, 6.45) is 1.36. The Morgan fingerprint density at radius 2 is 2.23 bits per heavy atom. The number of hydrogen-bond acceptors (Lipinski definition) is 3. The number of para-hydroxylation sites is 1. The summed E-state index contributed by atoms with van der Waals surface area (Å²) in [7, 11) is 0. The molecule has 5 heteroatoms. The number of nitrogens with zero attached hydrogens (tertiary/aromatic N) is 1. The Kier molecular flexibility index (Phi) is 2.95. The van der Waals surface area contributed by atoms with Gasteiger partial charge in [-0.05, 0) is 28.1 Å². The fourth-order valence-corrected chi connectivity index (χ4v) is 1.33. The van der Waals surface area contributed by atoms with Crippen molar-refractivity contribution in [2.24, 2.45) is 10.7 Å². The number of primary amides is 1. The van der Waals surface area contributed by atoms with Gasteiger partial charge in [-0.3, -0.25) is 4.79 Å². The van der Waals surface area contributed by atoms with E-state index in [1.165, 1.54) is 12.1 Å². The van der Waals surface area contributed by atoms with E-state index in [4.69, 9.17) is 5.73 Å². The molecule has 0 aliphatic heterocycles. The molecule has 1 rings (SSSR count). The van der Waals surface area contributed by atoms with E-state index in [9.17, 15) is 9.59 Å². The minimum absolute atomic E-state index is 0.192. The van der Waals surface area contributed by atoms with Crippen LogP contribution in [0.2, 0.25) is 0 Å². The van der Waals surface area contributed by atoms with Gasteiger partial charge in [-0.25, -0.2) is 4.79 Å². The number of amides is 1. The number of rotatable bonds is 2. The topological polar surface area (TPSA) is 72.5 Å². The third-order valence-corrected chi connectivity index (χ3v) is 2.05. The fourth-order valence-electron chi connectivity index (χ4n) is 0.873. The highest BCUT2D eigenvalue weighted by Gasteiger charge is 2.09. The van der Waals surface area contributed by atoms with E-state index < -0.39 is 5.91 Å². The summed E-state index contributed by atoms with van der Waals surface area (Å²) in [4.78, 5) is 24.3. The minimum atomic E-state index is -0.629. The van der Waals surface area contributed by atoms with Crippen LogP contribution in [0.3, 0.4) is 0 Å². The molecular weight excluding hydrogens is 236 g/mol. The number of hydrogen-bond donors (Lipinski definition) is 1. The second-order valence-corrected chi connectivity index (χ2v) is 3.06. The van der Waals surface area contributed by atoms with Gasteiger partial charge in [0.2, 0.25) is 6.08 Å². The van der Waals surface area contributed by atoms with E-state index in [-0.39, 0.29) is 11.3 Å². The molecule has 4 nitrogen and oxygen atoms in total. The maximum absolute atomic E-state index is 10.9. The van der Waals surface area contributed by atoms with Crippen molar-refractivity contribution in [3.63, 3.8) is 0 Å². The Balaban J connectivity index is 3.42. The van der Waals surface area contributed by atoms with Crippen molar-refractivity contribution in [2.45, 2.75) is 0 Å². The standard InChI is InChI=1S/C8H5BrN2O2/c9-6-3-1-2-5(8(10)13)7(6)11-4-12/h1-3H,(H2,10,13). The Hall–Kier alpha value is -1.45. The van der Waals surface area contributed by atoms with Crippen LogP contribution in [0.4, 0.5) is 5.69 Å². The fraction of sp³-hybridized carbons (Fsp3) is 0. The quantitative estimate of drug-likeness (QED) is 0.629. The Morgan fingerprint density at radius 3 is 2.77 bits per heavy atom. The van der Waals surface area contributed by atoms with Gasteiger partial charge in [-0.2, -0.15) is 4.99 Å². The van der Waals surface area contributed by atoms with Gasteiger partial charge < -0.3 is 5.73 Å². The first-order chi connectivity index (χ1) is 6.16. The van der Waals surface area contributed by atoms with Crippen molar-refractivity contribution in [1.29, 1.82) is 0 Å². The van der Waals surface area contributed by atoms with Crippen LogP contribution in [-0.4, -0.2) is 12.0 Å². The molecule has 1 amide bonds. The van der Waals surface area contributed by atoms with E-state index >= 15 is 0 Å². The highest BCUT2D eigenvalue weighted by atomic mass is 79.9. The Bertz CT molecular complexity index is 397. The molecule has 0 saturated heterocycles. The summed E-state index contributed by atoms with van der Waals surface area (Å²) in [5.41, 5.74) is 5.47. The zero-order valence-corrected chi connectivity index (χ0v) is 8.04. The Morgan fingerprint density at radius 1 is 1.54 bits per heavy atom. The minimum Gasteiger partial charge on any atom is -0.366 e. The Labute approximate surface area is 82.6 Å². The smallest absolute Gasteiger partial charge is 0.250 e. The predicted octanol–water partition coefficient (Wildman–Crippen LogP) is 1.52. The molecule has 0 fully saturated rings. The molecule has 0 spiro atoms. The van der Waals surface area contributed by atoms with Crippen LogP contribution in [0.25, 0.3) is 0 Å². The van der Waals surface area contributed by atoms with Gasteiger partial charge in [-0.15, -0.1) is 0 Å². The molecule has 0 bridgehead atoms. The number of benzene rings is 1. The molecule has 0 aromatic heterocycles. The first kappa shape index (κ1) is 9.64. The molecule has 1 aromatic rings. The number of nitrogens with two attached hydrogens (primary N) is 1. The van der Waals surface area contributed by atoms with Gasteiger partial charge in [0.1, 0.15) is 5.69 Å². The molecule has 0 unspecified atom stereocenters. The first-order valence-corrected chi connectivity index (χ1v) is 4.12. The van der Waals surface area contributed by atoms with Crippen molar-refractivity contribution in [1.82, 2.24) is 0 Å². The first-order valence-electron chi connectivity index (χ1n) is 3.33. The third-order valence-electron chi connectivity index (χ3n) is 1.41. The number of carbonyl (C=O) groups is 1. The van der Waals surface area contributed by atoms with Gasteiger partial charge in [-0.1, -0.05) is 6.07 Å². The van der Waals surface area contributed by atoms with Crippen LogP contribution < -0.4 is 5.73 Å². The van der Waals surface area contributed by atoms with Crippen molar-refractivity contribution in [3.8, 4) is 0 Å². The highest BCUT2D eigenvalue weighted by Crippen LogP contribution is 2.28. The van der Waals surface area contributed by atoms with Gasteiger partial charge in [0.05, 0.1) is 5.56 Å². The van der Waals surface area contributed by atoms with E-state index in [2.05, 4.69) is 20.9 Å². The second kappa shape index (κ2) is 3.98. The van der Waals surface area contributed by atoms with E-state index in [0.717, 1.165) is 0 Å². The van der Waals surface area contributed by atoms with E-state index in [0.29, 0.717) is 4.47 Å². The zero-order chi connectivity index (χ0) is 9.84. The van der Waals surface area contributed by atoms with Gasteiger partial charge in [0.15, 0.2) is 0 Å². The van der Waals surface area contributed by atoms with E-state index in [1.807, 2.05) is 0 Å². The maximum Gasteiger partial charge on any atom is 0.250 e. The average molecular weight is 241 g/mol. The molecule has 0 saturated carbocycles. The lowest BCUT2D eigenvalue weighted by Crippen LogP contribution is -2.11. The maximum atomic E-state index is 10.9. The summed E-state index contributed by atoms with van der Waals surface area (Å²) in [6.45, 7) is 0. The van der Waals surface area contributed by atoms with Crippen molar-refractivity contribution < 1.29 is 9.59 Å². The van der Waals surface area contributed by atoms with Crippen LogP contribution in [0.15, 0.2) is 27.7 Å². The lowest BCUT2D eigenvalue weighted by Gasteiger charge is -2.00. The molecule has 0 heterocycles. The van der Waals surface area contributed by atoms with Gasteiger partial charge in [0, 0.05) is 4.47 Å². The van der Waals surface area contributed by atoms with Crippen LogP contribution in [-0.2, 0) is 4.79 Å². The summed E-state index contributed by atoms with van der Waals surface area (Å²) in [5.74, 6) is -0.629. The third kappa shape index (κ3) is 2.02. The molecule has 13 heavy (non-hydrogen) atoms. The number of halogens is 1. The van der Waals surface area contributed by atoms with Crippen molar-refractivity contribution in [2.75, 3.05) is 0 Å². The molecule has 2 N–H and O–H groups in total. The number of aliphatic imine (C=N–C) groups is 1. The van der Waals surface area contributed by atoms with Crippen LogP contribution in [0, 0.1) is 0 Å². The molecule has 0 aliphatic rings. The summed E-state index contributed by atoms with van der Waals surface area (Å²) in [5, 5.41) is 0. The molecule has 0 aliphatic carbocycles. The second-order valence-electron chi connectivity index (χ2n) is 2.20. The number of carbonyl (C=O) groups excluding carboxylic acids is 2. The molecule has 0 radical (unpaired) electrons.